The number of hydrogen-bond donors (Lipinski definition) is 1. The molecule has 1 saturated heterocycles. The summed E-state index contributed by atoms with van der Waals surface area (Å²) >= 11 is 5.97. The van der Waals surface area contributed by atoms with Crippen molar-refractivity contribution < 1.29 is 4.79 Å². The molecule has 1 aromatic heterocycles. The lowest BCUT2D eigenvalue weighted by Gasteiger charge is -2.18. The number of rotatable bonds is 2. The zero-order valence-electron chi connectivity index (χ0n) is 11.2. The van der Waals surface area contributed by atoms with Crippen molar-refractivity contribution in [2.45, 2.75) is 6.42 Å². The third-order valence-electron chi connectivity index (χ3n) is 3.79. The molecule has 1 aliphatic rings. The van der Waals surface area contributed by atoms with Crippen molar-refractivity contribution in [1.82, 2.24) is 4.98 Å². The van der Waals surface area contributed by atoms with Crippen LogP contribution in [0.25, 0.3) is 10.9 Å². The van der Waals surface area contributed by atoms with Crippen LogP contribution in [0.2, 0.25) is 5.02 Å². The quantitative estimate of drug-likeness (QED) is 0.920. The highest BCUT2D eigenvalue weighted by Gasteiger charge is 2.27. The average Bonchev–Trinajstić information content (AvgIpc) is 2.96. The van der Waals surface area contributed by atoms with E-state index in [1.54, 1.807) is 24.3 Å². The van der Waals surface area contributed by atoms with Gasteiger partial charge in [0.05, 0.1) is 23.1 Å². The van der Waals surface area contributed by atoms with Crippen LogP contribution >= 0.6 is 11.6 Å². The normalized spacial score (nSPS) is 17.9. The van der Waals surface area contributed by atoms with E-state index < -0.39 is 0 Å². The summed E-state index contributed by atoms with van der Waals surface area (Å²) in [4.78, 5) is 17.8. The van der Waals surface area contributed by atoms with Crippen LogP contribution in [0.1, 0.15) is 12.0 Å². The van der Waals surface area contributed by atoms with Gasteiger partial charge in [0.15, 0.2) is 0 Å². The first-order valence-corrected chi connectivity index (χ1v) is 7.01. The third kappa shape index (κ3) is 2.50. The number of hydrogen-bond acceptors (Lipinski definition) is 4. The largest absolute Gasteiger partial charge is 0.369 e. The lowest BCUT2D eigenvalue weighted by molar-refractivity contribution is -0.121. The fourth-order valence-electron chi connectivity index (χ4n) is 2.64. The van der Waals surface area contributed by atoms with Gasteiger partial charge >= 0.3 is 0 Å². The van der Waals surface area contributed by atoms with Gasteiger partial charge in [-0.1, -0.05) is 11.6 Å². The second kappa shape index (κ2) is 5.23. The first-order valence-electron chi connectivity index (χ1n) is 6.63. The molecule has 1 unspecified atom stereocenters. The van der Waals surface area contributed by atoms with E-state index in [-0.39, 0.29) is 11.8 Å². The number of anilines is 1. The summed E-state index contributed by atoms with van der Waals surface area (Å²) in [5.74, 6) is 0.258. The van der Waals surface area contributed by atoms with Gasteiger partial charge in [0.1, 0.15) is 5.82 Å². The fraction of sp³-hybridized carbons (Fsp3) is 0.267. The molecule has 106 valence electrons. The summed E-state index contributed by atoms with van der Waals surface area (Å²) in [5.41, 5.74) is 6.59. The number of nitrogens with two attached hydrogens (primary N) is 1. The van der Waals surface area contributed by atoms with Crippen LogP contribution in [-0.2, 0) is 4.79 Å². The zero-order chi connectivity index (χ0) is 15.0. The minimum absolute atomic E-state index is 0.154. The average molecular weight is 301 g/mol. The highest BCUT2D eigenvalue weighted by molar-refractivity contribution is 6.31. The smallest absolute Gasteiger partial charge is 0.222 e. The Morgan fingerprint density at radius 3 is 2.95 bits per heavy atom. The maximum Gasteiger partial charge on any atom is 0.222 e. The maximum atomic E-state index is 11.3. The first-order chi connectivity index (χ1) is 10.1. The van der Waals surface area contributed by atoms with E-state index in [4.69, 9.17) is 17.3 Å². The Morgan fingerprint density at radius 2 is 2.29 bits per heavy atom. The number of fused-ring (bicyclic) bond motifs is 1. The molecule has 1 fully saturated rings. The number of amides is 1. The Kier molecular flexibility index (Phi) is 3.40. The number of benzene rings is 1. The van der Waals surface area contributed by atoms with E-state index >= 15 is 0 Å². The van der Waals surface area contributed by atoms with E-state index in [9.17, 15) is 10.1 Å². The molecule has 1 amide bonds. The summed E-state index contributed by atoms with van der Waals surface area (Å²) in [6.07, 6.45) is 0.720. The lowest BCUT2D eigenvalue weighted by atomic mass is 10.1. The topological polar surface area (TPSA) is 83.0 Å². The standard InChI is InChI=1S/C15H13ClN4O/c16-11-1-2-13-12(6-11)10(7-17)5-14(19-13)20-4-3-9(8-20)15(18)21/h1-2,5-6,9H,3-4,8H2,(H2,18,21). The molecule has 2 heterocycles. The highest BCUT2D eigenvalue weighted by Crippen LogP contribution is 2.28. The number of carbonyl (C=O) groups excluding carboxylic acids is 1. The van der Waals surface area contributed by atoms with Crippen LogP contribution in [0.5, 0.6) is 0 Å². The Bertz CT molecular complexity index is 768. The van der Waals surface area contributed by atoms with Crippen molar-refractivity contribution in [1.29, 1.82) is 5.26 Å². The molecule has 0 radical (unpaired) electrons. The fourth-order valence-corrected chi connectivity index (χ4v) is 2.81. The summed E-state index contributed by atoms with van der Waals surface area (Å²) in [6.45, 7) is 1.26. The van der Waals surface area contributed by atoms with Crippen LogP contribution in [0, 0.1) is 17.2 Å². The number of nitriles is 1. The zero-order valence-corrected chi connectivity index (χ0v) is 12.0. The van der Waals surface area contributed by atoms with Gasteiger partial charge in [-0.05, 0) is 30.7 Å². The minimum Gasteiger partial charge on any atom is -0.369 e. The van der Waals surface area contributed by atoms with Gasteiger partial charge in [-0.15, -0.1) is 0 Å². The van der Waals surface area contributed by atoms with E-state index in [0.717, 1.165) is 17.3 Å². The minimum atomic E-state index is -0.287. The van der Waals surface area contributed by atoms with Gasteiger partial charge in [-0.2, -0.15) is 5.26 Å². The van der Waals surface area contributed by atoms with E-state index in [2.05, 4.69) is 11.1 Å². The van der Waals surface area contributed by atoms with Gasteiger partial charge in [0, 0.05) is 23.5 Å². The Morgan fingerprint density at radius 1 is 1.48 bits per heavy atom. The van der Waals surface area contributed by atoms with Crippen LogP contribution < -0.4 is 10.6 Å². The molecule has 5 nitrogen and oxygen atoms in total. The number of aromatic nitrogens is 1. The van der Waals surface area contributed by atoms with Crippen molar-refractivity contribution in [3.63, 3.8) is 0 Å². The monoisotopic (exact) mass is 300 g/mol. The molecule has 0 bridgehead atoms. The number of primary amides is 1. The Balaban J connectivity index is 2.03. The molecular weight excluding hydrogens is 288 g/mol. The molecule has 0 spiro atoms. The Hall–Kier alpha value is -2.32. The number of pyridine rings is 1. The molecule has 1 atom stereocenters. The molecule has 6 heteroatoms. The van der Waals surface area contributed by atoms with Gasteiger partial charge < -0.3 is 10.6 Å². The molecule has 0 aliphatic carbocycles. The first kappa shape index (κ1) is 13.7. The number of halogens is 1. The molecule has 3 rings (SSSR count). The predicted octanol–water partition coefficient (Wildman–Crippen LogP) is 2.07. The molecule has 0 saturated carbocycles. The molecule has 2 aromatic rings. The SMILES string of the molecule is N#Cc1cc(N2CCC(C(N)=O)C2)nc2ccc(Cl)cc12. The highest BCUT2D eigenvalue weighted by atomic mass is 35.5. The molecule has 1 aliphatic heterocycles. The van der Waals surface area contributed by atoms with Crippen molar-refractivity contribution in [2.75, 3.05) is 18.0 Å². The summed E-state index contributed by atoms with van der Waals surface area (Å²) in [6, 6.07) is 9.20. The molecule has 1 aromatic carbocycles. The van der Waals surface area contributed by atoms with Crippen LogP contribution in [0.3, 0.4) is 0 Å². The van der Waals surface area contributed by atoms with Gasteiger partial charge in [-0.25, -0.2) is 4.98 Å². The summed E-state index contributed by atoms with van der Waals surface area (Å²) in [7, 11) is 0. The third-order valence-corrected chi connectivity index (χ3v) is 4.03. The van der Waals surface area contributed by atoms with Crippen LogP contribution in [-0.4, -0.2) is 24.0 Å². The van der Waals surface area contributed by atoms with E-state index in [1.807, 2.05) is 4.90 Å². The molecular formula is C15H13ClN4O. The number of nitrogens with zero attached hydrogens (tertiary/aromatic N) is 3. The molecule has 2 N–H and O–H groups in total. The van der Waals surface area contributed by atoms with Crippen LogP contribution in [0.15, 0.2) is 24.3 Å². The van der Waals surface area contributed by atoms with Gasteiger partial charge in [0.2, 0.25) is 5.91 Å². The van der Waals surface area contributed by atoms with Crippen molar-refractivity contribution >= 4 is 34.2 Å². The Labute approximate surface area is 126 Å². The summed E-state index contributed by atoms with van der Waals surface area (Å²) in [5, 5.41) is 10.6. The second-order valence-electron chi connectivity index (χ2n) is 5.14. The van der Waals surface area contributed by atoms with Crippen molar-refractivity contribution in [3.8, 4) is 6.07 Å². The van der Waals surface area contributed by atoms with E-state index in [0.29, 0.717) is 29.5 Å². The van der Waals surface area contributed by atoms with Crippen molar-refractivity contribution in [3.05, 3.63) is 34.9 Å². The second-order valence-corrected chi connectivity index (χ2v) is 5.57. The predicted molar refractivity (Wildman–Crippen MR) is 81.0 cm³/mol. The lowest BCUT2D eigenvalue weighted by Crippen LogP contribution is -2.27. The molecule has 21 heavy (non-hydrogen) atoms. The van der Waals surface area contributed by atoms with Crippen molar-refractivity contribution in [2.24, 2.45) is 11.7 Å². The van der Waals surface area contributed by atoms with Gasteiger partial charge in [0.25, 0.3) is 0 Å². The van der Waals surface area contributed by atoms with E-state index in [1.165, 1.54) is 0 Å². The van der Waals surface area contributed by atoms with Gasteiger partial charge in [-0.3, -0.25) is 4.79 Å². The van der Waals surface area contributed by atoms with Crippen LogP contribution in [0.4, 0.5) is 5.82 Å². The summed E-state index contributed by atoms with van der Waals surface area (Å²) < 4.78 is 0. The maximum absolute atomic E-state index is 11.3. The number of carbonyl (C=O) groups is 1.